The maximum absolute atomic E-state index is 12.8. The number of carbonyl (C=O) groups excluding carboxylic acids is 1. The van der Waals surface area contributed by atoms with Gasteiger partial charge in [-0.2, -0.15) is 5.10 Å². The quantitative estimate of drug-likeness (QED) is 0.250. The van der Waals surface area contributed by atoms with E-state index in [0.29, 0.717) is 15.8 Å². The summed E-state index contributed by atoms with van der Waals surface area (Å²) in [6.45, 7) is 2.50. The van der Waals surface area contributed by atoms with Gasteiger partial charge in [-0.25, -0.2) is 4.68 Å². The highest BCUT2D eigenvalue weighted by molar-refractivity contribution is 8.26. The molecule has 1 aliphatic rings. The monoisotopic (exact) mass is 467 g/mol. The lowest BCUT2D eigenvalue weighted by Crippen LogP contribution is -2.27. The fourth-order valence-corrected chi connectivity index (χ4v) is 5.17. The zero-order valence-electron chi connectivity index (χ0n) is 18.0. The van der Waals surface area contributed by atoms with E-state index in [1.165, 1.54) is 17.3 Å². The Hall–Kier alpha value is -3.48. The van der Waals surface area contributed by atoms with Gasteiger partial charge in [0.1, 0.15) is 4.32 Å². The highest BCUT2D eigenvalue weighted by atomic mass is 32.2. The first-order chi connectivity index (χ1) is 16.1. The maximum Gasteiger partial charge on any atom is 0.266 e. The van der Waals surface area contributed by atoms with Crippen molar-refractivity contribution in [3.05, 3.63) is 102 Å². The fraction of sp³-hybridized carbons (Fsp3) is 0.0741. The number of nitrogens with zero attached hydrogens (tertiary/aromatic N) is 3. The summed E-state index contributed by atoms with van der Waals surface area (Å²) in [4.78, 5) is 15.0. The van der Waals surface area contributed by atoms with Gasteiger partial charge in [0.25, 0.3) is 5.91 Å². The Morgan fingerprint density at radius 2 is 1.48 bits per heavy atom. The third-order valence-corrected chi connectivity index (χ3v) is 6.88. The van der Waals surface area contributed by atoms with Crippen molar-refractivity contribution in [2.24, 2.45) is 0 Å². The Bertz CT molecular complexity index is 1340. The van der Waals surface area contributed by atoms with Crippen molar-refractivity contribution in [2.45, 2.75) is 6.92 Å². The fourth-order valence-electron chi connectivity index (χ4n) is 3.80. The van der Waals surface area contributed by atoms with Gasteiger partial charge < -0.3 is 0 Å². The number of benzene rings is 3. The number of para-hydroxylation sites is 1. The number of likely N-dealkylation sites (N-methyl/N-ethyl adjacent to an activating group) is 1. The topological polar surface area (TPSA) is 38.1 Å². The van der Waals surface area contributed by atoms with Crippen LogP contribution in [0.2, 0.25) is 0 Å². The second-order valence-electron chi connectivity index (χ2n) is 7.58. The molecule has 6 heteroatoms. The van der Waals surface area contributed by atoms with Gasteiger partial charge in [-0.3, -0.25) is 9.69 Å². The average Bonchev–Trinajstić information content (AvgIpc) is 3.40. The molecule has 1 fully saturated rings. The number of hydrogen-bond acceptors (Lipinski definition) is 4. The first kappa shape index (κ1) is 21.4. The molecule has 4 aromatic rings. The molecule has 1 saturated heterocycles. The second-order valence-corrected chi connectivity index (χ2v) is 9.26. The molecule has 0 N–H and O–H groups in total. The number of hydrogen-bond donors (Lipinski definition) is 0. The molecule has 0 spiro atoms. The molecule has 162 valence electrons. The molecule has 0 saturated carbocycles. The second kappa shape index (κ2) is 9.17. The first-order valence-corrected chi connectivity index (χ1v) is 11.9. The smallest absolute Gasteiger partial charge is 0.266 e. The Morgan fingerprint density at radius 1 is 0.879 bits per heavy atom. The molecule has 4 nitrogen and oxygen atoms in total. The van der Waals surface area contributed by atoms with Crippen molar-refractivity contribution < 1.29 is 4.79 Å². The number of thiocarbonyl (C=S) groups is 1. The van der Waals surface area contributed by atoms with Crippen molar-refractivity contribution in [2.75, 3.05) is 6.54 Å². The zero-order valence-corrected chi connectivity index (χ0v) is 19.6. The van der Waals surface area contributed by atoms with E-state index in [2.05, 4.69) is 36.4 Å². The molecule has 3 aromatic carbocycles. The van der Waals surface area contributed by atoms with E-state index in [0.717, 1.165) is 28.1 Å². The summed E-state index contributed by atoms with van der Waals surface area (Å²) in [5.41, 5.74) is 5.96. The molecule has 1 aliphatic heterocycles. The summed E-state index contributed by atoms with van der Waals surface area (Å²) >= 11 is 6.73. The molecule has 1 aromatic heterocycles. The first-order valence-electron chi connectivity index (χ1n) is 10.7. The lowest BCUT2D eigenvalue weighted by atomic mass is 10.0. The maximum atomic E-state index is 12.8. The molecule has 1 amide bonds. The van der Waals surface area contributed by atoms with E-state index < -0.39 is 0 Å². The van der Waals surface area contributed by atoms with Gasteiger partial charge in [-0.1, -0.05) is 96.8 Å². The molecule has 0 atom stereocenters. The molecule has 0 aliphatic carbocycles. The van der Waals surface area contributed by atoms with Crippen LogP contribution in [0, 0.1) is 0 Å². The predicted molar refractivity (Wildman–Crippen MR) is 140 cm³/mol. The third kappa shape index (κ3) is 4.27. The van der Waals surface area contributed by atoms with E-state index in [9.17, 15) is 4.79 Å². The van der Waals surface area contributed by atoms with Crippen LogP contribution in [0.5, 0.6) is 0 Å². The molecule has 33 heavy (non-hydrogen) atoms. The average molecular weight is 468 g/mol. The van der Waals surface area contributed by atoms with Gasteiger partial charge >= 0.3 is 0 Å². The van der Waals surface area contributed by atoms with Crippen molar-refractivity contribution in [3.63, 3.8) is 0 Å². The van der Waals surface area contributed by atoms with Crippen molar-refractivity contribution in [1.29, 1.82) is 0 Å². The minimum absolute atomic E-state index is 0.0506. The third-order valence-electron chi connectivity index (χ3n) is 5.51. The van der Waals surface area contributed by atoms with E-state index in [4.69, 9.17) is 17.3 Å². The van der Waals surface area contributed by atoms with Gasteiger partial charge in [-0.15, -0.1) is 0 Å². The highest BCUT2D eigenvalue weighted by Crippen LogP contribution is 2.35. The Labute approximate surface area is 202 Å². The summed E-state index contributed by atoms with van der Waals surface area (Å²) in [5, 5.41) is 4.88. The van der Waals surface area contributed by atoms with E-state index in [-0.39, 0.29) is 5.91 Å². The standard InChI is InChI=1S/C27H21N3OS2/c1-2-29-26(31)24(33-27(29)32)17-22-18-30(23-11-7-4-8-12-23)28-25(22)21-15-13-20(14-16-21)19-9-5-3-6-10-19/h3-18H,2H2,1H3/b24-17-. The molecule has 5 rings (SSSR count). The number of aromatic nitrogens is 2. The largest absolute Gasteiger partial charge is 0.293 e. The minimum atomic E-state index is -0.0506. The molecule has 0 radical (unpaired) electrons. The van der Waals surface area contributed by atoms with Crippen LogP contribution in [0.15, 0.2) is 96.0 Å². The van der Waals surface area contributed by atoms with Gasteiger partial charge in [0.2, 0.25) is 0 Å². The lowest BCUT2D eigenvalue weighted by Gasteiger charge is -2.09. The van der Waals surface area contributed by atoms with Crippen LogP contribution in [0.3, 0.4) is 0 Å². The Morgan fingerprint density at radius 3 is 2.12 bits per heavy atom. The van der Waals surface area contributed by atoms with Gasteiger partial charge in [0, 0.05) is 23.9 Å². The minimum Gasteiger partial charge on any atom is -0.293 e. The molecule has 0 unspecified atom stereocenters. The van der Waals surface area contributed by atoms with Crippen molar-refractivity contribution in [1.82, 2.24) is 14.7 Å². The number of thioether (sulfide) groups is 1. The van der Waals surface area contributed by atoms with Crippen LogP contribution in [-0.2, 0) is 4.79 Å². The predicted octanol–water partition coefficient (Wildman–Crippen LogP) is 6.43. The molecule has 2 heterocycles. The Balaban J connectivity index is 1.58. The van der Waals surface area contributed by atoms with Gasteiger partial charge in [-0.05, 0) is 36.3 Å². The summed E-state index contributed by atoms with van der Waals surface area (Å²) in [5.74, 6) is -0.0506. The normalized spacial score (nSPS) is 14.9. The number of carbonyl (C=O) groups is 1. The summed E-state index contributed by atoms with van der Waals surface area (Å²) in [6.07, 6.45) is 3.87. The van der Waals surface area contributed by atoms with Crippen molar-refractivity contribution in [3.8, 4) is 28.1 Å². The van der Waals surface area contributed by atoms with Gasteiger partial charge in [0.05, 0.1) is 16.3 Å². The van der Waals surface area contributed by atoms with E-state index in [1.54, 1.807) is 4.90 Å². The molecular weight excluding hydrogens is 446 g/mol. The highest BCUT2D eigenvalue weighted by Gasteiger charge is 2.31. The van der Waals surface area contributed by atoms with E-state index in [1.807, 2.05) is 72.4 Å². The molecular formula is C27H21N3OS2. The number of amides is 1. The zero-order chi connectivity index (χ0) is 22.8. The summed E-state index contributed by atoms with van der Waals surface area (Å²) < 4.78 is 2.45. The Kier molecular flexibility index (Phi) is 5.94. The van der Waals surface area contributed by atoms with Crippen molar-refractivity contribution >= 4 is 40.3 Å². The molecule has 0 bridgehead atoms. The van der Waals surface area contributed by atoms with Crippen LogP contribution in [-0.4, -0.2) is 31.5 Å². The SMILES string of the molecule is CCN1C(=O)/C(=C/c2cn(-c3ccccc3)nc2-c2ccc(-c3ccccc3)cc2)SC1=S. The van der Waals surface area contributed by atoms with Crippen LogP contribution >= 0.6 is 24.0 Å². The summed E-state index contributed by atoms with van der Waals surface area (Å²) in [6, 6.07) is 28.6. The van der Waals surface area contributed by atoms with Crippen LogP contribution in [0.1, 0.15) is 12.5 Å². The number of rotatable bonds is 5. The van der Waals surface area contributed by atoms with Gasteiger partial charge in [0.15, 0.2) is 0 Å². The summed E-state index contributed by atoms with van der Waals surface area (Å²) in [7, 11) is 0. The van der Waals surface area contributed by atoms with Crippen LogP contribution in [0.25, 0.3) is 34.1 Å². The lowest BCUT2D eigenvalue weighted by molar-refractivity contribution is -0.121. The van der Waals surface area contributed by atoms with Crippen LogP contribution < -0.4 is 0 Å². The van der Waals surface area contributed by atoms with Crippen LogP contribution in [0.4, 0.5) is 0 Å². The van der Waals surface area contributed by atoms with E-state index >= 15 is 0 Å².